The number of carboxylic acids is 1. The Morgan fingerprint density at radius 2 is 2.06 bits per heavy atom. The predicted molar refractivity (Wildman–Crippen MR) is 68.7 cm³/mol. The van der Waals surface area contributed by atoms with E-state index in [1.54, 1.807) is 6.07 Å². The molecule has 0 atom stereocenters. The van der Waals surface area contributed by atoms with Gasteiger partial charge in [0.25, 0.3) is 0 Å². The van der Waals surface area contributed by atoms with Crippen LogP contribution in [0.2, 0.25) is 0 Å². The van der Waals surface area contributed by atoms with E-state index in [2.05, 4.69) is 11.9 Å². The molecule has 0 fully saturated rings. The molecule has 1 aromatic carbocycles. The summed E-state index contributed by atoms with van der Waals surface area (Å²) in [5.41, 5.74) is 4.57. The van der Waals surface area contributed by atoms with E-state index in [1.807, 2.05) is 19.9 Å². The summed E-state index contributed by atoms with van der Waals surface area (Å²) in [5, 5.41) is 10.2. The molecule has 1 aromatic heterocycles. The van der Waals surface area contributed by atoms with Gasteiger partial charge < -0.3 is 10.1 Å². The van der Waals surface area contributed by atoms with Crippen LogP contribution in [-0.4, -0.2) is 16.1 Å². The van der Waals surface area contributed by atoms with Gasteiger partial charge in [-0.3, -0.25) is 0 Å². The third kappa shape index (κ3) is 1.93. The molecule has 2 rings (SSSR count). The van der Waals surface area contributed by atoms with E-state index in [4.69, 9.17) is 5.11 Å². The Bertz CT molecular complexity index is 581. The van der Waals surface area contributed by atoms with Gasteiger partial charge in [0, 0.05) is 16.6 Å². The lowest BCUT2D eigenvalue weighted by atomic mass is 10.0. The van der Waals surface area contributed by atoms with Crippen molar-refractivity contribution < 1.29 is 9.90 Å². The Morgan fingerprint density at radius 1 is 1.35 bits per heavy atom. The molecule has 17 heavy (non-hydrogen) atoms. The van der Waals surface area contributed by atoms with Crippen molar-refractivity contribution in [2.75, 3.05) is 0 Å². The van der Waals surface area contributed by atoms with Gasteiger partial charge in [-0.1, -0.05) is 13.3 Å². The molecule has 0 aliphatic carbocycles. The number of benzene rings is 1. The highest BCUT2D eigenvalue weighted by Gasteiger charge is 2.13. The molecule has 0 aliphatic rings. The van der Waals surface area contributed by atoms with Crippen LogP contribution in [0.25, 0.3) is 10.9 Å². The highest BCUT2D eigenvalue weighted by molar-refractivity contribution is 5.96. The summed E-state index contributed by atoms with van der Waals surface area (Å²) < 4.78 is 0. The van der Waals surface area contributed by atoms with Gasteiger partial charge in [0.2, 0.25) is 0 Å². The van der Waals surface area contributed by atoms with Crippen molar-refractivity contribution in [1.29, 1.82) is 0 Å². The van der Waals surface area contributed by atoms with Gasteiger partial charge >= 0.3 is 5.97 Å². The van der Waals surface area contributed by atoms with Gasteiger partial charge in [0.15, 0.2) is 0 Å². The first-order valence-electron chi connectivity index (χ1n) is 5.89. The minimum absolute atomic E-state index is 0.377. The highest BCUT2D eigenvalue weighted by Crippen LogP contribution is 2.26. The van der Waals surface area contributed by atoms with Gasteiger partial charge in [-0.05, 0) is 43.5 Å². The number of H-pyrrole nitrogens is 1. The lowest BCUT2D eigenvalue weighted by molar-refractivity contribution is 0.0696. The number of hydrogen-bond donors (Lipinski definition) is 2. The number of carboxylic acid groups (broad SMARTS) is 1. The Balaban J connectivity index is 2.69. The average Bonchev–Trinajstić information content (AvgIpc) is 2.55. The molecule has 0 spiro atoms. The van der Waals surface area contributed by atoms with Crippen LogP contribution in [-0.2, 0) is 6.42 Å². The summed E-state index contributed by atoms with van der Waals surface area (Å²) in [5.74, 6) is -0.867. The third-order valence-electron chi connectivity index (χ3n) is 3.19. The second kappa shape index (κ2) is 4.24. The van der Waals surface area contributed by atoms with Gasteiger partial charge in [-0.15, -0.1) is 0 Å². The number of fused-ring (bicyclic) bond motifs is 1. The lowest BCUT2D eigenvalue weighted by Gasteiger charge is -2.02. The van der Waals surface area contributed by atoms with E-state index in [1.165, 1.54) is 5.56 Å². The largest absolute Gasteiger partial charge is 0.478 e. The zero-order valence-corrected chi connectivity index (χ0v) is 10.4. The smallest absolute Gasteiger partial charge is 0.336 e. The molecule has 2 N–H and O–H groups in total. The normalized spacial score (nSPS) is 11.0. The molecule has 0 unspecified atom stereocenters. The minimum atomic E-state index is -0.867. The van der Waals surface area contributed by atoms with E-state index >= 15 is 0 Å². The van der Waals surface area contributed by atoms with Crippen molar-refractivity contribution in [3.05, 3.63) is 34.5 Å². The third-order valence-corrected chi connectivity index (χ3v) is 3.19. The molecule has 0 saturated carbocycles. The quantitative estimate of drug-likeness (QED) is 0.850. The Hall–Kier alpha value is -1.77. The molecule has 90 valence electrons. The Morgan fingerprint density at radius 3 is 2.65 bits per heavy atom. The fourth-order valence-corrected chi connectivity index (χ4v) is 2.34. The molecular formula is C14H17NO2. The van der Waals surface area contributed by atoms with Crippen LogP contribution < -0.4 is 0 Å². The van der Waals surface area contributed by atoms with E-state index in [-0.39, 0.29) is 0 Å². The number of aromatic amines is 1. The number of nitrogens with one attached hydrogen (secondary N) is 1. The number of aryl methyl sites for hydroxylation is 3. The van der Waals surface area contributed by atoms with E-state index in [0.717, 1.165) is 35.0 Å². The van der Waals surface area contributed by atoms with E-state index < -0.39 is 5.97 Å². The molecule has 0 aliphatic heterocycles. The summed E-state index contributed by atoms with van der Waals surface area (Å²) in [6.07, 6.45) is 2.12. The van der Waals surface area contributed by atoms with Crippen LogP contribution in [0.1, 0.15) is 40.5 Å². The predicted octanol–water partition coefficient (Wildman–Crippen LogP) is 3.44. The number of carbonyl (C=O) groups is 1. The van der Waals surface area contributed by atoms with Crippen LogP contribution in [0.5, 0.6) is 0 Å². The molecule has 3 heteroatoms. The molecule has 3 nitrogen and oxygen atoms in total. The Labute approximate surface area is 100 Å². The maximum absolute atomic E-state index is 11.1. The zero-order valence-electron chi connectivity index (χ0n) is 10.4. The van der Waals surface area contributed by atoms with Crippen molar-refractivity contribution in [2.24, 2.45) is 0 Å². The standard InChI is InChI=1S/C14H17NO2/c1-4-5-10-9(3)15-13-7-11(14(16)17)8(2)6-12(10)13/h6-7,15H,4-5H2,1-3H3,(H,16,17). The second-order valence-corrected chi connectivity index (χ2v) is 4.50. The minimum Gasteiger partial charge on any atom is -0.478 e. The van der Waals surface area contributed by atoms with E-state index in [9.17, 15) is 4.79 Å². The van der Waals surface area contributed by atoms with Crippen molar-refractivity contribution in [2.45, 2.75) is 33.6 Å². The molecule has 0 saturated heterocycles. The van der Waals surface area contributed by atoms with Crippen molar-refractivity contribution in [3.63, 3.8) is 0 Å². The molecule has 1 heterocycles. The number of hydrogen-bond acceptors (Lipinski definition) is 1. The molecular weight excluding hydrogens is 214 g/mol. The van der Waals surface area contributed by atoms with Gasteiger partial charge in [-0.2, -0.15) is 0 Å². The fraction of sp³-hybridized carbons (Fsp3) is 0.357. The van der Waals surface area contributed by atoms with E-state index in [0.29, 0.717) is 5.56 Å². The second-order valence-electron chi connectivity index (χ2n) is 4.50. The topological polar surface area (TPSA) is 53.1 Å². The maximum atomic E-state index is 11.1. The summed E-state index contributed by atoms with van der Waals surface area (Å²) in [4.78, 5) is 14.3. The fourth-order valence-electron chi connectivity index (χ4n) is 2.34. The van der Waals surface area contributed by atoms with Crippen molar-refractivity contribution >= 4 is 16.9 Å². The maximum Gasteiger partial charge on any atom is 0.336 e. The van der Waals surface area contributed by atoms with Crippen LogP contribution in [0, 0.1) is 13.8 Å². The Kier molecular flexibility index (Phi) is 2.92. The monoisotopic (exact) mass is 231 g/mol. The van der Waals surface area contributed by atoms with Crippen molar-refractivity contribution in [3.8, 4) is 0 Å². The highest BCUT2D eigenvalue weighted by atomic mass is 16.4. The number of aromatic nitrogens is 1. The average molecular weight is 231 g/mol. The number of rotatable bonds is 3. The SMILES string of the molecule is CCCc1c(C)[nH]c2cc(C(=O)O)c(C)cc12. The molecule has 0 bridgehead atoms. The van der Waals surface area contributed by atoms with Crippen LogP contribution >= 0.6 is 0 Å². The van der Waals surface area contributed by atoms with Crippen molar-refractivity contribution in [1.82, 2.24) is 4.98 Å². The molecule has 2 aromatic rings. The summed E-state index contributed by atoms with van der Waals surface area (Å²) in [6, 6.07) is 3.71. The van der Waals surface area contributed by atoms with Gasteiger partial charge in [-0.25, -0.2) is 4.79 Å². The van der Waals surface area contributed by atoms with Gasteiger partial charge in [0.1, 0.15) is 0 Å². The van der Waals surface area contributed by atoms with Crippen LogP contribution in [0.4, 0.5) is 0 Å². The van der Waals surface area contributed by atoms with Crippen LogP contribution in [0.3, 0.4) is 0 Å². The van der Waals surface area contributed by atoms with Gasteiger partial charge in [0.05, 0.1) is 5.56 Å². The summed E-state index contributed by atoms with van der Waals surface area (Å²) in [6.45, 7) is 6.04. The summed E-state index contributed by atoms with van der Waals surface area (Å²) in [7, 11) is 0. The molecule has 0 amide bonds. The first kappa shape index (κ1) is 11.7. The lowest BCUT2D eigenvalue weighted by Crippen LogP contribution is -1.99. The van der Waals surface area contributed by atoms with Crippen LogP contribution in [0.15, 0.2) is 12.1 Å². The first-order valence-corrected chi connectivity index (χ1v) is 5.89. The molecule has 0 radical (unpaired) electrons. The zero-order chi connectivity index (χ0) is 12.6. The first-order chi connectivity index (χ1) is 8.04. The number of aromatic carboxylic acids is 1. The summed E-state index contributed by atoms with van der Waals surface area (Å²) >= 11 is 0.